The van der Waals surface area contributed by atoms with Gasteiger partial charge in [-0.1, -0.05) is 33.1 Å². The van der Waals surface area contributed by atoms with Gasteiger partial charge in [0.25, 0.3) is 0 Å². The van der Waals surface area contributed by atoms with Crippen LogP contribution in [0.1, 0.15) is 66.2 Å². The molecular formula is C26H41NO9. The van der Waals surface area contributed by atoms with Gasteiger partial charge < -0.3 is 19.0 Å². The fraction of sp³-hybridized carbons (Fsp3) is 0.538. The van der Waals surface area contributed by atoms with Gasteiger partial charge in [0.05, 0.1) is 19.8 Å². The van der Waals surface area contributed by atoms with Gasteiger partial charge in [-0.15, -0.1) is 0 Å². The molecular weight excluding hydrogens is 470 g/mol. The van der Waals surface area contributed by atoms with Crippen LogP contribution >= 0.6 is 0 Å². The van der Waals surface area contributed by atoms with E-state index < -0.39 is 11.9 Å². The predicted molar refractivity (Wildman–Crippen MR) is 136 cm³/mol. The second-order valence-electron chi connectivity index (χ2n) is 7.25. The molecule has 0 N–H and O–H groups in total. The summed E-state index contributed by atoms with van der Waals surface area (Å²) in [6, 6.07) is 0. The monoisotopic (exact) mass is 511 g/mol. The average Bonchev–Trinajstić information content (AvgIpc) is 2.82. The highest BCUT2D eigenvalue weighted by molar-refractivity contribution is 5.94. The standard InChI is InChI=1S/C16H23NO6.C7H12O2.C3H6O/c1-4-15(20)22-11-7-6-9-14(19)17(13(3)18)10-8-12-23-16(21)5-2;1-3-5-6-9-7(8)4-2;1-3(2)4/h4-5H,1-2,6-12H2,3H3;4H,2-3,5-6H2,1H3;1-2H3. The molecule has 0 rings (SSSR count). The molecule has 0 atom stereocenters. The Balaban J connectivity index is -0.000000687. The average molecular weight is 512 g/mol. The number of hydrogen-bond donors (Lipinski definition) is 0. The second-order valence-corrected chi connectivity index (χ2v) is 7.25. The van der Waals surface area contributed by atoms with Crippen molar-refractivity contribution in [2.75, 3.05) is 26.4 Å². The van der Waals surface area contributed by atoms with Crippen LogP contribution in [0, 0.1) is 0 Å². The molecule has 0 fully saturated rings. The number of rotatable bonds is 15. The van der Waals surface area contributed by atoms with Gasteiger partial charge in [-0.25, -0.2) is 14.4 Å². The second kappa shape index (κ2) is 26.1. The maximum absolute atomic E-state index is 12.0. The largest absolute Gasteiger partial charge is 0.463 e. The van der Waals surface area contributed by atoms with Crippen LogP contribution in [0.25, 0.3) is 0 Å². The SMILES string of the molecule is C=CC(=O)OCCCC.C=CC(=O)OCCCCC(=O)N(CCCOC(=O)C=C)C(C)=O.CC(C)=O. The highest BCUT2D eigenvalue weighted by Crippen LogP contribution is 2.04. The Morgan fingerprint density at radius 3 is 1.42 bits per heavy atom. The predicted octanol–water partition coefficient (Wildman–Crippen LogP) is 3.49. The molecule has 0 aliphatic carbocycles. The van der Waals surface area contributed by atoms with Gasteiger partial charge in [-0.05, 0) is 39.5 Å². The summed E-state index contributed by atoms with van der Waals surface area (Å²) in [4.78, 5) is 66.1. The van der Waals surface area contributed by atoms with E-state index in [0.717, 1.165) is 29.9 Å². The highest BCUT2D eigenvalue weighted by Gasteiger charge is 2.17. The van der Waals surface area contributed by atoms with Crippen LogP contribution in [-0.4, -0.2) is 66.8 Å². The van der Waals surface area contributed by atoms with Crippen LogP contribution in [0.4, 0.5) is 0 Å². The molecule has 0 bridgehead atoms. The van der Waals surface area contributed by atoms with E-state index in [2.05, 4.69) is 24.5 Å². The van der Waals surface area contributed by atoms with E-state index in [1.54, 1.807) is 0 Å². The van der Waals surface area contributed by atoms with Crippen molar-refractivity contribution in [3.63, 3.8) is 0 Å². The smallest absolute Gasteiger partial charge is 0.330 e. The van der Waals surface area contributed by atoms with E-state index in [9.17, 15) is 28.8 Å². The van der Waals surface area contributed by atoms with E-state index >= 15 is 0 Å². The van der Waals surface area contributed by atoms with E-state index in [0.29, 0.717) is 25.9 Å². The minimum Gasteiger partial charge on any atom is -0.463 e. The molecule has 0 aliphatic heterocycles. The summed E-state index contributed by atoms with van der Waals surface area (Å²) in [5, 5.41) is 0. The summed E-state index contributed by atoms with van der Waals surface area (Å²) in [7, 11) is 0. The molecule has 0 aromatic carbocycles. The Labute approximate surface area is 214 Å². The number of ether oxygens (including phenoxy) is 3. The minimum atomic E-state index is -0.542. The normalized spacial score (nSPS) is 9.00. The molecule has 36 heavy (non-hydrogen) atoms. The number of carbonyl (C=O) groups excluding carboxylic acids is 6. The van der Waals surface area contributed by atoms with Gasteiger partial charge in [0.2, 0.25) is 11.8 Å². The van der Waals surface area contributed by atoms with Crippen LogP contribution in [0.3, 0.4) is 0 Å². The molecule has 0 saturated heterocycles. The van der Waals surface area contributed by atoms with Crippen molar-refractivity contribution in [3.8, 4) is 0 Å². The van der Waals surface area contributed by atoms with Gasteiger partial charge in [0, 0.05) is 38.1 Å². The van der Waals surface area contributed by atoms with Gasteiger partial charge in [0.1, 0.15) is 5.78 Å². The van der Waals surface area contributed by atoms with Crippen LogP contribution < -0.4 is 0 Å². The fourth-order valence-electron chi connectivity index (χ4n) is 2.03. The van der Waals surface area contributed by atoms with Crippen molar-refractivity contribution in [3.05, 3.63) is 38.0 Å². The first kappa shape index (κ1) is 37.0. The van der Waals surface area contributed by atoms with Crippen molar-refractivity contribution < 1.29 is 43.0 Å². The van der Waals surface area contributed by atoms with Gasteiger partial charge in [-0.2, -0.15) is 0 Å². The Hall–Kier alpha value is -3.56. The molecule has 0 radical (unpaired) electrons. The molecule has 0 spiro atoms. The number of esters is 3. The summed E-state index contributed by atoms with van der Waals surface area (Å²) in [6.45, 7) is 17.2. The summed E-state index contributed by atoms with van der Waals surface area (Å²) >= 11 is 0. The van der Waals surface area contributed by atoms with Gasteiger partial charge in [-0.3, -0.25) is 14.5 Å². The third-order valence-corrected chi connectivity index (χ3v) is 3.72. The van der Waals surface area contributed by atoms with Gasteiger partial charge in [0.15, 0.2) is 0 Å². The quantitative estimate of drug-likeness (QED) is 0.140. The number of carbonyl (C=O) groups is 6. The first-order chi connectivity index (χ1) is 17.0. The molecule has 2 amide bonds. The molecule has 0 aliphatic rings. The third kappa shape index (κ3) is 28.5. The molecule has 0 aromatic heterocycles. The lowest BCUT2D eigenvalue weighted by Crippen LogP contribution is -2.36. The lowest BCUT2D eigenvalue weighted by Gasteiger charge is -2.19. The van der Waals surface area contributed by atoms with Crippen molar-refractivity contribution in [2.24, 2.45) is 0 Å². The van der Waals surface area contributed by atoms with E-state index in [-0.39, 0.29) is 49.7 Å². The van der Waals surface area contributed by atoms with Crippen molar-refractivity contribution in [2.45, 2.75) is 66.2 Å². The van der Waals surface area contributed by atoms with Crippen LogP contribution in [-0.2, 0) is 43.0 Å². The fourth-order valence-corrected chi connectivity index (χ4v) is 2.03. The topological polar surface area (TPSA) is 133 Å². The molecule has 0 heterocycles. The van der Waals surface area contributed by atoms with Crippen molar-refractivity contribution in [1.82, 2.24) is 4.90 Å². The summed E-state index contributed by atoms with van der Waals surface area (Å²) in [5.74, 6) is -1.87. The van der Waals surface area contributed by atoms with Crippen molar-refractivity contribution in [1.29, 1.82) is 0 Å². The Morgan fingerprint density at radius 2 is 1.06 bits per heavy atom. The highest BCUT2D eigenvalue weighted by atomic mass is 16.5. The molecule has 204 valence electrons. The first-order valence-corrected chi connectivity index (χ1v) is 11.6. The Morgan fingerprint density at radius 1 is 0.667 bits per heavy atom. The maximum Gasteiger partial charge on any atom is 0.330 e. The molecule has 10 nitrogen and oxygen atoms in total. The molecule has 0 saturated carbocycles. The third-order valence-electron chi connectivity index (χ3n) is 3.72. The molecule has 10 heteroatoms. The number of nitrogens with zero attached hydrogens (tertiary/aromatic N) is 1. The molecule has 0 aromatic rings. The summed E-state index contributed by atoms with van der Waals surface area (Å²) in [5.41, 5.74) is 0. The van der Waals surface area contributed by atoms with Crippen LogP contribution in [0.2, 0.25) is 0 Å². The Kier molecular flexibility index (Phi) is 26.8. The number of ketones is 1. The minimum absolute atomic E-state index is 0.111. The van der Waals surface area contributed by atoms with Crippen LogP contribution in [0.15, 0.2) is 38.0 Å². The number of unbranched alkanes of at least 4 members (excludes halogenated alkanes) is 2. The number of Topliss-reactive ketones (excluding diaryl/α,β-unsaturated/α-hetero) is 1. The number of amides is 2. The lowest BCUT2D eigenvalue weighted by atomic mass is 10.2. The Bertz CT molecular complexity index is 725. The zero-order valence-corrected chi connectivity index (χ0v) is 22.0. The van der Waals surface area contributed by atoms with Crippen molar-refractivity contribution >= 4 is 35.5 Å². The first-order valence-electron chi connectivity index (χ1n) is 11.6. The van der Waals surface area contributed by atoms with E-state index in [1.807, 2.05) is 6.92 Å². The van der Waals surface area contributed by atoms with E-state index in [1.165, 1.54) is 26.8 Å². The van der Waals surface area contributed by atoms with Crippen LogP contribution in [0.5, 0.6) is 0 Å². The summed E-state index contributed by atoms with van der Waals surface area (Å²) < 4.78 is 14.2. The zero-order chi connectivity index (χ0) is 28.4. The number of imide groups is 1. The summed E-state index contributed by atoms with van der Waals surface area (Å²) in [6.07, 6.45) is 6.83. The lowest BCUT2D eigenvalue weighted by molar-refractivity contribution is -0.144. The van der Waals surface area contributed by atoms with E-state index in [4.69, 9.17) is 9.47 Å². The number of hydrogen-bond acceptors (Lipinski definition) is 9. The zero-order valence-electron chi connectivity index (χ0n) is 22.0. The van der Waals surface area contributed by atoms with Gasteiger partial charge >= 0.3 is 17.9 Å². The molecule has 0 unspecified atom stereocenters. The maximum atomic E-state index is 12.0.